The quantitative estimate of drug-likeness (QED) is 0.553. The van der Waals surface area contributed by atoms with Crippen molar-refractivity contribution in [2.75, 3.05) is 20.3 Å². The molecule has 1 N–H and O–H groups in total. The van der Waals surface area contributed by atoms with Crippen molar-refractivity contribution in [1.82, 2.24) is 0 Å². The number of hydrogen-bond acceptors (Lipinski definition) is 3. The van der Waals surface area contributed by atoms with E-state index in [1.807, 2.05) is 30.3 Å². The zero-order chi connectivity index (χ0) is 10.9. The maximum absolute atomic E-state index is 8.62. The Bertz CT molecular complexity index is 248. The molecule has 0 aliphatic carbocycles. The van der Waals surface area contributed by atoms with Gasteiger partial charge < -0.3 is 14.6 Å². The monoisotopic (exact) mass is 210 g/mol. The fourth-order valence-corrected chi connectivity index (χ4v) is 1.31. The van der Waals surface area contributed by atoms with Gasteiger partial charge in [-0.15, -0.1) is 0 Å². The lowest BCUT2D eigenvalue weighted by atomic mass is 10.2. The second-order valence-corrected chi connectivity index (χ2v) is 3.28. The van der Waals surface area contributed by atoms with E-state index in [4.69, 9.17) is 14.6 Å². The van der Waals surface area contributed by atoms with Crippen molar-refractivity contribution in [1.29, 1.82) is 0 Å². The van der Waals surface area contributed by atoms with Gasteiger partial charge in [-0.05, 0) is 12.8 Å². The summed E-state index contributed by atoms with van der Waals surface area (Å²) in [6.45, 7) is 0.820. The number of methoxy groups -OCH3 is 1. The lowest BCUT2D eigenvalue weighted by Crippen LogP contribution is -2.07. The molecular weight excluding hydrogens is 192 g/mol. The number of aliphatic hydroxyl groups excluding tert-OH is 1. The molecular formula is C12H18O3. The second-order valence-electron chi connectivity index (χ2n) is 3.28. The Balaban J connectivity index is 2.36. The molecule has 1 atom stereocenters. The van der Waals surface area contributed by atoms with E-state index in [9.17, 15) is 0 Å². The molecule has 1 rings (SSSR count). The van der Waals surface area contributed by atoms with E-state index in [0.717, 1.165) is 18.4 Å². The summed E-state index contributed by atoms with van der Waals surface area (Å²) in [4.78, 5) is 0. The largest absolute Gasteiger partial charge is 0.396 e. The van der Waals surface area contributed by atoms with E-state index < -0.39 is 0 Å². The van der Waals surface area contributed by atoms with Gasteiger partial charge >= 0.3 is 0 Å². The average Bonchev–Trinajstić information content (AvgIpc) is 2.30. The molecule has 15 heavy (non-hydrogen) atoms. The summed E-state index contributed by atoms with van der Waals surface area (Å²) in [5, 5.41) is 8.62. The first-order valence-electron chi connectivity index (χ1n) is 5.18. The minimum absolute atomic E-state index is 0.215. The normalized spacial score (nSPS) is 12.7. The smallest absolute Gasteiger partial charge is 0.183 e. The molecule has 0 bridgehead atoms. The molecule has 0 saturated carbocycles. The third-order valence-corrected chi connectivity index (χ3v) is 2.11. The van der Waals surface area contributed by atoms with Crippen LogP contribution in [0.4, 0.5) is 0 Å². The van der Waals surface area contributed by atoms with Crippen LogP contribution < -0.4 is 0 Å². The molecule has 0 fully saturated rings. The van der Waals surface area contributed by atoms with Gasteiger partial charge in [0.25, 0.3) is 0 Å². The number of unbranched alkanes of at least 4 members (excludes halogenated alkanes) is 1. The maximum atomic E-state index is 8.62. The molecule has 0 spiro atoms. The highest BCUT2D eigenvalue weighted by atomic mass is 16.7. The van der Waals surface area contributed by atoms with Crippen LogP contribution in [0.5, 0.6) is 0 Å². The molecule has 1 aromatic carbocycles. The number of benzene rings is 1. The van der Waals surface area contributed by atoms with Crippen LogP contribution in [-0.2, 0) is 9.47 Å². The van der Waals surface area contributed by atoms with Crippen molar-refractivity contribution in [3.8, 4) is 0 Å². The predicted octanol–water partition coefficient (Wildman–Crippen LogP) is 2.12. The SMILES string of the molecule is COC(OCCCCO)c1ccccc1. The van der Waals surface area contributed by atoms with Crippen molar-refractivity contribution in [3.05, 3.63) is 35.9 Å². The number of ether oxygens (including phenoxy) is 2. The van der Waals surface area contributed by atoms with Gasteiger partial charge in [0.15, 0.2) is 6.29 Å². The van der Waals surface area contributed by atoms with Gasteiger partial charge in [0, 0.05) is 19.3 Å². The lowest BCUT2D eigenvalue weighted by molar-refractivity contribution is -0.128. The van der Waals surface area contributed by atoms with Gasteiger partial charge in [-0.25, -0.2) is 0 Å². The standard InChI is InChI=1S/C12H18O3/c1-14-12(15-10-6-5-9-13)11-7-3-2-4-8-11/h2-4,7-8,12-13H,5-6,9-10H2,1H3. The Labute approximate surface area is 90.6 Å². The molecule has 3 nitrogen and oxygen atoms in total. The van der Waals surface area contributed by atoms with Crippen molar-refractivity contribution in [2.24, 2.45) is 0 Å². The molecule has 0 heterocycles. The Morgan fingerprint density at radius 1 is 1.20 bits per heavy atom. The number of hydrogen-bond donors (Lipinski definition) is 1. The first-order chi connectivity index (χ1) is 7.38. The molecule has 0 saturated heterocycles. The van der Waals surface area contributed by atoms with Crippen molar-refractivity contribution < 1.29 is 14.6 Å². The lowest BCUT2D eigenvalue weighted by Gasteiger charge is -2.16. The van der Waals surface area contributed by atoms with Gasteiger partial charge in [-0.1, -0.05) is 30.3 Å². The molecule has 1 unspecified atom stereocenters. The Morgan fingerprint density at radius 2 is 1.93 bits per heavy atom. The first kappa shape index (κ1) is 12.2. The zero-order valence-corrected chi connectivity index (χ0v) is 9.06. The molecule has 0 radical (unpaired) electrons. The van der Waals surface area contributed by atoms with Crippen LogP contribution in [0, 0.1) is 0 Å². The van der Waals surface area contributed by atoms with Gasteiger partial charge in [0.05, 0.1) is 6.61 Å². The molecule has 0 aliphatic heterocycles. The Hall–Kier alpha value is -0.900. The van der Waals surface area contributed by atoms with Gasteiger partial charge in [-0.2, -0.15) is 0 Å². The number of aliphatic hydroxyl groups is 1. The van der Waals surface area contributed by atoms with Gasteiger partial charge in [-0.3, -0.25) is 0 Å². The van der Waals surface area contributed by atoms with Gasteiger partial charge in [0.2, 0.25) is 0 Å². The summed E-state index contributed by atoms with van der Waals surface area (Å²) in [7, 11) is 1.63. The van der Waals surface area contributed by atoms with Crippen LogP contribution in [0.3, 0.4) is 0 Å². The fraction of sp³-hybridized carbons (Fsp3) is 0.500. The Morgan fingerprint density at radius 3 is 2.53 bits per heavy atom. The summed E-state index contributed by atoms with van der Waals surface area (Å²) in [5.74, 6) is 0. The van der Waals surface area contributed by atoms with Crippen LogP contribution >= 0.6 is 0 Å². The molecule has 0 aromatic heterocycles. The summed E-state index contributed by atoms with van der Waals surface area (Å²) in [6.07, 6.45) is 1.32. The minimum atomic E-state index is -0.301. The molecule has 0 amide bonds. The van der Waals surface area contributed by atoms with E-state index in [1.165, 1.54) is 0 Å². The molecule has 84 valence electrons. The minimum Gasteiger partial charge on any atom is -0.396 e. The maximum Gasteiger partial charge on any atom is 0.183 e. The topological polar surface area (TPSA) is 38.7 Å². The predicted molar refractivity (Wildman–Crippen MR) is 58.5 cm³/mol. The second kappa shape index (κ2) is 7.40. The zero-order valence-electron chi connectivity index (χ0n) is 9.06. The highest BCUT2D eigenvalue weighted by Crippen LogP contribution is 2.17. The van der Waals surface area contributed by atoms with Crippen LogP contribution in [0.1, 0.15) is 24.7 Å². The summed E-state index contributed by atoms with van der Waals surface area (Å²) >= 11 is 0. The number of rotatable bonds is 7. The molecule has 0 aliphatic rings. The molecule has 3 heteroatoms. The van der Waals surface area contributed by atoms with E-state index >= 15 is 0 Å². The summed E-state index contributed by atoms with van der Waals surface area (Å²) < 4.78 is 10.8. The van der Waals surface area contributed by atoms with Crippen LogP contribution in [-0.4, -0.2) is 25.4 Å². The Kier molecular flexibility index (Phi) is 6.00. The van der Waals surface area contributed by atoms with Crippen molar-refractivity contribution in [2.45, 2.75) is 19.1 Å². The third kappa shape index (κ3) is 4.42. The molecule has 1 aromatic rings. The highest BCUT2D eigenvalue weighted by molar-refractivity contribution is 5.15. The van der Waals surface area contributed by atoms with Crippen LogP contribution in [0.15, 0.2) is 30.3 Å². The third-order valence-electron chi connectivity index (χ3n) is 2.11. The summed E-state index contributed by atoms with van der Waals surface area (Å²) in [6, 6.07) is 9.82. The van der Waals surface area contributed by atoms with Crippen molar-refractivity contribution >= 4 is 0 Å². The van der Waals surface area contributed by atoms with Crippen LogP contribution in [0.25, 0.3) is 0 Å². The van der Waals surface area contributed by atoms with E-state index in [1.54, 1.807) is 7.11 Å². The van der Waals surface area contributed by atoms with E-state index in [-0.39, 0.29) is 12.9 Å². The van der Waals surface area contributed by atoms with E-state index in [0.29, 0.717) is 6.61 Å². The first-order valence-corrected chi connectivity index (χ1v) is 5.18. The highest BCUT2D eigenvalue weighted by Gasteiger charge is 2.08. The summed E-state index contributed by atoms with van der Waals surface area (Å²) in [5.41, 5.74) is 1.02. The average molecular weight is 210 g/mol. The van der Waals surface area contributed by atoms with Gasteiger partial charge in [0.1, 0.15) is 0 Å². The van der Waals surface area contributed by atoms with Crippen LogP contribution in [0.2, 0.25) is 0 Å². The van der Waals surface area contributed by atoms with E-state index in [2.05, 4.69) is 0 Å². The van der Waals surface area contributed by atoms with Crippen molar-refractivity contribution in [3.63, 3.8) is 0 Å². The fourth-order valence-electron chi connectivity index (χ4n) is 1.31.